The first-order chi connectivity index (χ1) is 10.6. The number of aliphatic hydroxyl groups excluding tert-OH is 1. The van der Waals surface area contributed by atoms with Crippen LogP contribution in [0.5, 0.6) is 0 Å². The van der Waals surface area contributed by atoms with Crippen molar-refractivity contribution in [1.82, 2.24) is 9.29 Å². The Balaban J connectivity index is 2.09. The summed E-state index contributed by atoms with van der Waals surface area (Å²) in [4.78, 5) is -0.301. The fraction of sp³-hybridized carbons (Fsp3) is 0.286. The number of aliphatic hydroxyl groups is 1. The van der Waals surface area contributed by atoms with Crippen LogP contribution in [-0.2, 0) is 23.2 Å². The molecule has 0 aliphatic heterocycles. The van der Waals surface area contributed by atoms with Crippen molar-refractivity contribution in [3.8, 4) is 0 Å². The van der Waals surface area contributed by atoms with Crippen LogP contribution in [0.3, 0.4) is 0 Å². The minimum absolute atomic E-state index is 0.290. The normalized spacial score (nSPS) is 14.0. The number of alkyl halides is 3. The maximum absolute atomic E-state index is 12.5. The molecule has 0 spiro atoms. The highest BCUT2D eigenvalue weighted by atomic mass is 32.2. The molecule has 23 heavy (non-hydrogen) atoms. The molecular weight excluding hydrogens is 333 g/mol. The monoisotopic (exact) mass is 348 g/mol. The molecular formula is C14H15F3N2O3S. The van der Waals surface area contributed by atoms with Gasteiger partial charge in [0.05, 0.1) is 10.5 Å². The SMILES string of the molecule is Cn1cccc1C(O)CNS(=O)(=O)c1ccc(C(F)(F)F)cc1. The van der Waals surface area contributed by atoms with Crippen LogP contribution >= 0.6 is 0 Å². The molecule has 1 aromatic heterocycles. The van der Waals surface area contributed by atoms with Crippen molar-refractivity contribution >= 4 is 10.0 Å². The number of benzene rings is 1. The molecule has 5 nitrogen and oxygen atoms in total. The Kier molecular flexibility index (Phi) is 4.83. The molecule has 0 saturated heterocycles. The summed E-state index contributed by atoms with van der Waals surface area (Å²) < 4.78 is 65.3. The lowest BCUT2D eigenvalue weighted by atomic mass is 10.2. The van der Waals surface area contributed by atoms with E-state index in [0.717, 1.165) is 12.1 Å². The molecule has 0 radical (unpaired) electrons. The first kappa shape index (κ1) is 17.5. The number of hydrogen-bond acceptors (Lipinski definition) is 3. The molecule has 0 aliphatic carbocycles. The highest BCUT2D eigenvalue weighted by Crippen LogP contribution is 2.29. The summed E-state index contributed by atoms with van der Waals surface area (Å²) in [6.45, 7) is -0.290. The molecule has 9 heteroatoms. The molecule has 2 N–H and O–H groups in total. The van der Waals surface area contributed by atoms with E-state index in [0.29, 0.717) is 17.8 Å². The van der Waals surface area contributed by atoms with E-state index in [1.54, 1.807) is 29.9 Å². The number of sulfonamides is 1. The Bertz CT molecular complexity index is 767. The summed E-state index contributed by atoms with van der Waals surface area (Å²) in [5.41, 5.74) is -0.416. The van der Waals surface area contributed by atoms with Gasteiger partial charge < -0.3 is 9.67 Å². The summed E-state index contributed by atoms with van der Waals surface area (Å²) >= 11 is 0. The third-order valence-corrected chi connectivity index (χ3v) is 4.72. The van der Waals surface area contributed by atoms with E-state index in [1.165, 1.54) is 0 Å². The summed E-state index contributed by atoms with van der Waals surface area (Å²) in [5.74, 6) is 0. The third kappa shape index (κ3) is 4.12. The number of aryl methyl sites for hydroxylation is 1. The molecule has 0 bridgehead atoms. The lowest BCUT2D eigenvalue weighted by Crippen LogP contribution is -2.29. The van der Waals surface area contributed by atoms with Gasteiger partial charge in [-0.25, -0.2) is 13.1 Å². The minimum Gasteiger partial charge on any atom is -0.386 e. The molecule has 2 aromatic rings. The van der Waals surface area contributed by atoms with Gasteiger partial charge in [-0.2, -0.15) is 13.2 Å². The maximum Gasteiger partial charge on any atom is 0.416 e. The van der Waals surface area contributed by atoms with Crippen LogP contribution in [0.15, 0.2) is 47.5 Å². The van der Waals surface area contributed by atoms with E-state index < -0.39 is 27.9 Å². The van der Waals surface area contributed by atoms with E-state index in [1.807, 2.05) is 0 Å². The zero-order valence-corrected chi connectivity index (χ0v) is 12.9. The van der Waals surface area contributed by atoms with Crippen molar-refractivity contribution in [2.75, 3.05) is 6.54 Å². The van der Waals surface area contributed by atoms with Crippen molar-refractivity contribution in [3.05, 3.63) is 53.9 Å². The number of halogens is 3. The van der Waals surface area contributed by atoms with Crippen LogP contribution in [0.2, 0.25) is 0 Å². The number of hydrogen-bond donors (Lipinski definition) is 2. The highest BCUT2D eigenvalue weighted by Gasteiger charge is 2.30. The largest absolute Gasteiger partial charge is 0.416 e. The zero-order valence-electron chi connectivity index (χ0n) is 12.1. The molecule has 2 rings (SSSR count). The first-order valence-electron chi connectivity index (χ1n) is 6.57. The maximum atomic E-state index is 12.5. The molecule has 0 aliphatic rings. The van der Waals surface area contributed by atoms with E-state index in [4.69, 9.17) is 0 Å². The molecule has 1 aromatic carbocycles. The van der Waals surface area contributed by atoms with Crippen molar-refractivity contribution in [3.63, 3.8) is 0 Å². The first-order valence-corrected chi connectivity index (χ1v) is 8.06. The molecule has 126 valence electrons. The quantitative estimate of drug-likeness (QED) is 0.869. The van der Waals surface area contributed by atoms with Crippen LogP contribution in [0.25, 0.3) is 0 Å². The van der Waals surface area contributed by atoms with Gasteiger partial charge in [0.15, 0.2) is 0 Å². The summed E-state index contributed by atoms with van der Waals surface area (Å²) in [6.07, 6.45) is -3.90. The molecule has 0 amide bonds. The molecule has 1 atom stereocenters. The number of nitrogens with one attached hydrogen (secondary N) is 1. The Hall–Kier alpha value is -1.84. The van der Waals surface area contributed by atoms with Crippen LogP contribution in [-0.4, -0.2) is 24.6 Å². The van der Waals surface area contributed by atoms with Gasteiger partial charge in [-0.1, -0.05) is 0 Å². The second kappa shape index (κ2) is 6.34. The van der Waals surface area contributed by atoms with Gasteiger partial charge in [0, 0.05) is 25.5 Å². The smallest absolute Gasteiger partial charge is 0.386 e. The third-order valence-electron chi connectivity index (χ3n) is 3.28. The summed E-state index contributed by atoms with van der Waals surface area (Å²) in [5, 5.41) is 9.95. The van der Waals surface area contributed by atoms with E-state index in [2.05, 4.69) is 4.72 Å². The lowest BCUT2D eigenvalue weighted by molar-refractivity contribution is -0.137. The second-order valence-corrected chi connectivity index (χ2v) is 6.70. The Morgan fingerprint density at radius 1 is 1.22 bits per heavy atom. The highest BCUT2D eigenvalue weighted by molar-refractivity contribution is 7.89. The van der Waals surface area contributed by atoms with E-state index in [-0.39, 0.29) is 11.4 Å². The second-order valence-electron chi connectivity index (χ2n) is 4.93. The lowest BCUT2D eigenvalue weighted by Gasteiger charge is -2.14. The van der Waals surface area contributed by atoms with Gasteiger partial charge in [-0.05, 0) is 36.4 Å². The Morgan fingerprint density at radius 3 is 2.30 bits per heavy atom. The van der Waals surface area contributed by atoms with Crippen LogP contribution in [0.1, 0.15) is 17.4 Å². The van der Waals surface area contributed by atoms with Gasteiger partial charge in [-0.15, -0.1) is 0 Å². The number of aromatic nitrogens is 1. The van der Waals surface area contributed by atoms with Crippen molar-refractivity contribution in [1.29, 1.82) is 0 Å². The summed E-state index contributed by atoms with van der Waals surface area (Å²) in [6, 6.07) is 6.48. The Labute approximate surface area is 131 Å². The minimum atomic E-state index is -4.53. The average Bonchev–Trinajstić information content (AvgIpc) is 2.90. The van der Waals surface area contributed by atoms with Crippen LogP contribution < -0.4 is 4.72 Å². The topological polar surface area (TPSA) is 71.3 Å². The molecule has 0 saturated carbocycles. The summed E-state index contributed by atoms with van der Waals surface area (Å²) in [7, 11) is -2.31. The van der Waals surface area contributed by atoms with Gasteiger partial charge in [0.1, 0.15) is 6.10 Å². The predicted octanol–water partition coefficient (Wildman–Crippen LogP) is 2.06. The van der Waals surface area contributed by atoms with Crippen LogP contribution in [0.4, 0.5) is 13.2 Å². The number of rotatable bonds is 5. The van der Waals surface area contributed by atoms with E-state index in [9.17, 15) is 26.7 Å². The van der Waals surface area contributed by atoms with Crippen molar-refractivity contribution in [2.45, 2.75) is 17.2 Å². The molecule has 0 fully saturated rings. The van der Waals surface area contributed by atoms with Gasteiger partial charge in [-0.3, -0.25) is 0 Å². The van der Waals surface area contributed by atoms with Gasteiger partial charge in [0.25, 0.3) is 0 Å². The van der Waals surface area contributed by atoms with Gasteiger partial charge >= 0.3 is 6.18 Å². The van der Waals surface area contributed by atoms with Gasteiger partial charge in [0.2, 0.25) is 10.0 Å². The fourth-order valence-corrected chi connectivity index (χ4v) is 3.06. The van der Waals surface area contributed by atoms with E-state index >= 15 is 0 Å². The van der Waals surface area contributed by atoms with Crippen molar-refractivity contribution < 1.29 is 26.7 Å². The zero-order chi connectivity index (χ0) is 17.3. The average molecular weight is 348 g/mol. The standard InChI is InChI=1S/C14H15F3N2O3S/c1-19-8-2-3-12(19)13(20)9-18-23(21,22)11-6-4-10(5-7-11)14(15,16)17/h2-8,13,18,20H,9H2,1H3. The molecule has 1 unspecified atom stereocenters. The van der Waals surface area contributed by atoms with Crippen molar-refractivity contribution in [2.24, 2.45) is 7.05 Å². The molecule has 1 heterocycles. The number of nitrogens with zero attached hydrogens (tertiary/aromatic N) is 1. The fourth-order valence-electron chi connectivity index (χ4n) is 2.02. The van der Waals surface area contributed by atoms with Crippen LogP contribution in [0, 0.1) is 0 Å². The Morgan fingerprint density at radius 2 is 1.83 bits per heavy atom. The predicted molar refractivity (Wildman–Crippen MR) is 77.0 cm³/mol.